The van der Waals surface area contributed by atoms with E-state index in [-0.39, 0.29) is 17.6 Å². The van der Waals surface area contributed by atoms with Crippen LogP contribution in [0.15, 0.2) is 29.4 Å². The van der Waals surface area contributed by atoms with Crippen LogP contribution in [-0.4, -0.2) is 30.2 Å². The number of nitrogens with two attached hydrogens (primary N) is 1. The molecule has 0 aromatic heterocycles. The number of nitrogens with zero attached hydrogens (tertiary/aromatic N) is 1. The number of benzene rings is 1. The number of anilines is 1. The van der Waals surface area contributed by atoms with Gasteiger partial charge in [0.05, 0.1) is 0 Å². The zero-order valence-corrected chi connectivity index (χ0v) is 10.8. The molecule has 1 aromatic carbocycles. The van der Waals surface area contributed by atoms with E-state index in [2.05, 4.69) is 10.5 Å². The number of ether oxygens (including phenoxy) is 1. The van der Waals surface area contributed by atoms with Gasteiger partial charge in [0.1, 0.15) is 11.2 Å². The Bertz CT molecular complexity index is 510. The SMILES string of the molecule is NC(=NO)C1(C(=O)Nc2ccc(F)cc2)CCOCC1. The first-order chi connectivity index (χ1) is 9.58. The molecule has 7 heteroatoms. The standard InChI is InChI=1S/C13H16FN3O3/c14-9-1-3-10(4-2-9)16-12(18)13(11(15)17-19)5-7-20-8-6-13/h1-4,19H,5-8H2,(H2,15,17)(H,16,18). The molecule has 20 heavy (non-hydrogen) atoms. The van der Waals surface area contributed by atoms with E-state index in [4.69, 9.17) is 15.7 Å². The van der Waals surface area contributed by atoms with Gasteiger partial charge in [-0.15, -0.1) is 0 Å². The smallest absolute Gasteiger partial charge is 0.238 e. The van der Waals surface area contributed by atoms with Gasteiger partial charge in [0.25, 0.3) is 0 Å². The van der Waals surface area contributed by atoms with Gasteiger partial charge in [0.2, 0.25) is 5.91 Å². The number of rotatable bonds is 3. The predicted octanol–water partition coefficient (Wildman–Crippen LogP) is 1.31. The summed E-state index contributed by atoms with van der Waals surface area (Å²) in [7, 11) is 0. The topological polar surface area (TPSA) is 96.9 Å². The van der Waals surface area contributed by atoms with Gasteiger partial charge in [-0.3, -0.25) is 4.79 Å². The highest BCUT2D eigenvalue weighted by molar-refractivity contribution is 6.11. The van der Waals surface area contributed by atoms with Gasteiger partial charge in [-0.25, -0.2) is 4.39 Å². The van der Waals surface area contributed by atoms with Crippen molar-refractivity contribution < 1.29 is 19.1 Å². The van der Waals surface area contributed by atoms with Crippen LogP contribution in [0.25, 0.3) is 0 Å². The molecule has 0 aliphatic carbocycles. The van der Waals surface area contributed by atoms with Gasteiger partial charge >= 0.3 is 0 Å². The summed E-state index contributed by atoms with van der Waals surface area (Å²) in [5.74, 6) is -0.914. The van der Waals surface area contributed by atoms with Crippen molar-refractivity contribution in [1.29, 1.82) is 0 Å². The molecule has 2 rings (SSSR count). The molecule has 1 amide bonds. The zero-order chi connectivity index (χ0) is 14.6. The van der Waals surface area contributed by atoms with Crippen molar-refractivity contribution in [1.82, 2.24) is 0 Å². The Morgan fingerprint density at radius 2 is 1.95 bits per heavy atom. The van der Waals surface area contributed by atoms with E-state index in [9.17, 15) is 9.18 Å². The predicted molar refractivity (Wildman–Crippen MR) is 70.9 cm³/mol. The molecule has 1 aliphatic heterocycles. The fourth-order valence-corrected chi connectivity index (χ4v) is 2.20. The molecule has 4 N–H and O–H groups in total. The molecule has 1 aliphatic rings. The minimum atomic E-state index is -1.10. The van der Waals surface area contributed by atoms with Gasteiger partial charge < -0.3 is 21.0 Å². The number of hydrogen-bond donors (Lipinski definition) is 3. The van der Waals surface area contributed by atoms with Gasteiger partial charge in [-0.1, -0.05) is 5.16 Å². The summed E-state index contributed by atoms with van der Waals surface area (Å²) in [6.45, 7) is 0.708. The Morgan fingerprint density at radius 1 is 1.35 bits per heavy atom. The maximum atomic E-state index is 12.8. The fourth-order valence-electron chi connectivity index (χ4n) is 2.20. The van der Waals surface area contributed by atoms with E-state index in [1.807, 2.05) is 0 Å². The first-order valence-electron chi connectivity index (χ1n) is 6.21. The summed E-state index contributed by atoms with van der Waals surface area (Å²) in [6, 6.07) is 5.39. The van der Waals surface area contributed by atoms with Crippen LogP contribution in [-0.2, 0) is 9.53 Å². The molecule has 0 saturated carbocycles. The molecule has 0 radical (unpaired) electrons. The van der Waals surface area contributed by atoms with E-state index in [0.717, 1.165) is 0 Å². The highest BCUT2D eigenvalue weighted by Gasteiger charge is 2.44. The average molecular weight is 281 g/mol. The van der Waals surface area contributed by atoms with Crippen LogP contribution in [0.5, 0.6) is 0 Å². The maximum Gasteiger partial charge on any atom is 0.238 e. The summed E-state index contributed by atoms with van der Waals surface area (Å²) in [5.41, 5.74) is 5.04. The second-order valence-corrected chi connectivity index (χ2v) is 4.64. The molecule has 1 aromatic rings. The third kappa shape index (κ3) is 2.72. The number of oxime groups is 1. The van der Waals surface area contributed by atoms with Crippen molar-refractivity contribution in [2.45, 2.75) is 12.8 Å². The summed E-state index contributed by atoms with van der Waals surface area (Å²) >= 11 is 0. The Labute approximate surface area is 115 Å². The van der Waals surface area contributed by atoms with Crippen molar-refractivity contribution in [3.8, 4) is 0 Å². The highest BCUT2D eigenvalue weighted by Crippen LogP contribution is 2.32. The fraction of sp³-hybridized carbons (Fsp3) is 0.385. The molecule has 0 unspecified atom stereocenters. The van der Waals surface area contributed by atoms with Gasteiger partial charge in [-0.2, -0.15) is 0 Å². The number of nitrogens with one attached hydrogen (secondary N) is 1. The normalized spacial score (nSPS) is 18.6. The average Bonchev–Trinajstić information content (AvgIpc) is 2.49. The molecule has 1 fully saturated rings. The maximum absolute atomic E-state index is 12.8. The molecule has 0 bridgehead atoms. The highest BCUT2D eigenvalue weighted by atomic mass is 19.1. The van der Waals surface area contributed by atoms with Crippen molar-refractivity contribution >= 4 is 17.4 Å². The van der Waals surface area contributed by atoms with E-state index in [1.54, 1.807) is 0 Å². The Morgan fingerprint density at radius 3 is 2.50 bits per heavy atom. The molecular formula is C13H16FN3O3. The van der Waals surface area contributed by atoms with Crippen LogP contribution in [0.2, 0.25) is 0 Å². The van der Waals surface area contributed by atoms with E-state index in [0.29, 0.717) is 31.7 Å². The second kappa shape index (κ2) is 5.87. The minimum Gasteiger partial charge on any atom is -0.409 e. The molecule has 108 valence electrons. The second-order valence-electron chi connectivity index (χ2n) is 4.64. The first-order valence-corrected chi connectivity index (χ1v) is 6.21. The van der Waals surface area contributed by atoms with E-state index < -0.39 is 5.41 Å². The largest absolute Gasteiger partial charge is 0.409 e. The molecule has 6 nitrogen and oxygen atoms in total. The third-order valence-corrected chi connectivity index (χ3v) is 3.48. The number of carbonyl (C=O) groups is 1. The monoisotopic (exact) mass is 281 g/mol. The summed E-state index contributed by atoms with van der Waals surface area (Å²) < 4.78 is 18.0. The third-order valence-electron chi connectivity index (χ3n) is 3.48. The summed E-state index contributed by atoms with van der Waals surface area (Å²) in [4.78, 5) is 12.4. The Kier molecular flexibility index (Phi) is 4.19. The van der Waals surface area contributed by atoms with Crippen LogP contribution < -0.4 is 11.1 Å². The van der Waals surface area contributed by atoms with Gasteiger partial charge in [0, 0.05) is 18.9 Å². The van der Waals surface area contributed by atoms with Gasteiger partial charge in [-0.05, 0) is 37.1 Å². The van der Waals surface area contributed by atoms with Crippen LogP contribution in [0.4, 0.5) is 10.1 Å². The Balaban J connectivity index is 2.21. The van der Waals surface area contributed by atoms with Crippen molar-refractivity contribution in [2.75, 3.05) is 18.5 Å². The lowest BCUT2D eigenvalue weighted by Crippen LogP contribution is -2.50. The quantitative estimate of drug-likeness (QED) is 0.337. The molecule has 1 saturated heterocycles. The van der Waals surface area contributed by atoms with Crippen molar-refractivity contribution in [3.05, 3.63) is 30.1 Å². The minimum absolute atomic E-state index is 0.139. The number of amides is 1. The molecule has 0 spiro atoms. The number of amidine groups is 1. The van der Waals surface area contributed by atoms with Crippen molar-refractivity contribution in [3.63, 3.8) is 0 Å². The lowest BCUT2D eigenvalue weighted by molar-refractivity contribution is -0.126. The van der Waals surface area contributed by atoms with E-state index >= 15 is 0 Å². The molecular weight excluding hydrogens is 265 g/mol. The lowest BCUT2D eigenvalue weighted by Gasteiger charge is -2.34. The number of halogens is 1. The molecule has 0 atom stereocenters. The summed E-state index contributed by atoms with van der Waals surface area (Å²) in [6.07, 6.45) is 0.659. The Hall–Kier alpha value is -2.15. The van der Waals surface area contributed by atoms with Crippen LogP contribution in [0, 0.1) is 11.2 Å². The summed E-state index contributed by atoms with van der Waals surface area (Å²) in [5, 5.41) is 14.5. The van der Waals surface area contributed by atoms with E-state index in [1.165, 1.54) is 24.3 Å². The van der Waals surface area contributed by atoms with Crippen LogP contribution in [0.3, 0.4) is 0 Å². The zero-order valence-electron chi connectivity index (χ0n) is 10.8. The van der Waals surface area contributed by atoms with Crippen LogP contribution >= 0.6 is 0 Å². The number of carbonyl (C=O) groups excluding carboxylic acids is 1. The molecule has 1 heterocycles. The van der Waals surface area contributed by atoms with Gasteiger partial charge in [0.15, 0.2) is 5.84 Å². The lowest BCUT2D eigenvalue weighted by atomic mass is 9.78. The number of hydrogen-bond acceptors (Lipinski definition) is 4. The van der Waals surface area contributed by atoms with Crippen molar-refractivity contribution in [2.24, 2.45) is 16.3 Å². The van der Waals surface area contributed by atoms with Crippen LogP contribution in [0.1, 0.15) is 12.8 Å². The first kappa shape index (κ1) is 14.3.